The van der Waals surface area contributed by atoms with Gasteiger partial charge >= 0.3 is 0 Å². The molecule has 7 nitrogen and oxygen atoms in total. The van der Waals surface area contributed by atoms with E-state index in [0.717, 1.165) is 63.9 Å². The first-order chi connectivity index (χ1) is 17.8. The minimum atomic E-state index is 0.585. The zero-order chi connectivity index (χ0) is 26.4. The van der Waals surface area contributed by atoms with Crippen LogP contribution in [0.2, 0.25) is 0 Å². The molecule has 1 aliphatic carbocycles. The maximum absolute atomic E-state index is 4.59. The summed E-state index contributed by atoms with van der Waals surface area (Å²) in [6.45, 7) is 12.3. The van der Waals surface area contributed by atoms with Crippen LogP contribution in [-0.4, -0.2) is 54.8 Å². The summed E-state index contributed by atoms with van der Waals surface area (Å²) in [5.74, 6) is 1.43. The standard InChI is InChI=1S/C30H37N7/c1-20-7-8-24(25-15-27(18-32-17-25)35-21(2)23-9-10-23)16-28(20)30(31-4)22(3)36-26-11-12-29(34-19-26)33-13-14-37(5)6/h7-8,11-12,15-19,23,35-36H,2-3,9-10,13-14H2,1,4-6H3,(H,33,34). The van der Waals surface area contributed by atoms with Gasteiger partial charge in [0.1, 0.15) is 5.82 Å². The van der Waals surface area contributed by atoms with Crippen molar-refractivity contribution in [2.24, 2.45) is 10.9 Å². The second kappa shape index (κ2) is 11.8. The number of aromatic nitrogens is 2. The van der Waals surface area contributed by atoms with Gasteiger partial charge in [-0.3, -0.25) is 9.98 Å². The van der Waals surface area contributed by atoms with Crippen molar-refractivity contribution in [2.75, 3.05) is 50.2 Å². The quantitative estimate of drug-likeness (QED) is 0.276. The van der Waals surface area contributed by atoms with Gasteiger partial charge in [-0.05, 0) is 75.2 Å². The molecule has 0 saturated heterocycles. The molecule has 192 valence electrons. The van der Waals surface area contributed by atoms with Crippen LogP contribution in [0.5, 0.6) is 0 Å². The third-order valence-corrected chi connectivity index (χ3v) is 6.37. The SMILES string of the molecule is C=C(Nc1ccc(NCCN(C)C)nc1)C(=NC)c1cc(-c2cncc(NC(=C)C3CC3)c2)ccc1C. The highest BCUT2D eigenvalue weighted by molar-refractivity contribution is 6.15. The van der Waals surface area contributed by atoms with E-state index in [1.807, 2.05) is 24.5 Å². The van der Waals surface area contributed by atoms with Gasteiger partial charge in [-0.15, -0.1) is 0 Å². The van der Waals surface area contributed by atoms with Crippen molar-refractivity contribution in [3.8, 4) is 11.1 Å². The Labute approximate surface area is 220 Å². The highest BCUT2D eigenvalue weighted by atomic mass is 15.1. The smallest absolute Gasteiger partial charge is 0.126 e. The number of nitrogens with zero attached hydrogens (tertiary/aromatic N) is 4. The zero-order valence-electron chi connectivity index (χ0n) is 22.3. The fourth-order valence-corrected chi connectivity index (χ4v) is 4.07. The number of hydrogen-bond donors (Lipinski definition) is 3. The summed E-state index contributed by atoms with van der Waals surface area (Å²) in [5, 5.41) is 10.1. The van der Waals surface area contributed by atoms with Crippen molar-refractivity contribution in [3.63, 3.8) is 0 Å². The minimum Gasteiger partial charge on any atom is -0.369 e. The summed E-state index contributed by atoms with van der Waals surface area (Å²) < 4.78 is 0. The number of hydrogen-bond acceptors (Lipinski definition) is 7. The average Bonchev–Trinajstić information content (AvgIpc) is 3.72. The molecule has 0 spiro atoms. The van der Waals surface area contributed by atoms with Crippen molar-refractivity contribution in [2.45, 2.75) is 19.8 Å². The normalized spacial score (nSPS) is 13.4. The lowest BCUT2D eigenvalue weighted by Crippen LogP contribution is -2.21. The lowest BCUT2D eigenvalue weighted by molar-refractivity contribution is 0.425. The van der Waals surface area contributed by atoms with Gasteiger partial charge in [0.25, 0.3) is 0 Å². The Morgan fingerprint density at radius 1 is 1.00 bits per heavy atom. The van der Waals surface area contributed by atoms with Crippen molar-refractivity contribution >= 4 is 22.9 Å². The van der Waals surface area contributed by atoms with Crippen molar-refractivity contribution in [1.82, 2.24) is 14.9 Å². The summed E-state index contributed by atoms with van der Waals surface area (Å²) in [7, 11) is 5.90. The van der Waals surface area contributed by atoms with E-state index in [2.05, 4.69) is 94.3 Å². The van der Waals surface area contributed by atoms with Crippen molar-refractivity contribution < 1.29 is 0 Å². The molecule has 0 unspecified atom stereocenters. The Bertz CT molecular complexity index is 1290. The van der Waals surface area contributed by atoms with Crippen LogP contribution >= 0.6 is 0 Å². The highest BCUT2D eigenvalue weighted by Crippen LogP contribution is 2.36. The molecule has 2 heterocycles. The van der Waals surface area contributed by atoms with Gasteiger partial charge < -0.3 is 20.9 Å². The minimum absolute atomic E-state index is 0.585. The Hall–Kier alpha value is -3.97. The maximum Gasteiger partial charge on any atom is 0.126 e. The van der Waals surface area contributed by atoms with Gasteiger partial charge in [-0.2, -0.15) is 0 Å². The van der Waals surface area contributed by atoms with Crippen LogP contribution < -0.4 is 16.0 Å². The van der Waals surface area contributed by atoms with Crippen LogP contribution in [0, 0.1) is 12.8 Å². The number of pyridine rings is 2. The predicted octanol–water partition coefficient (Wildman–Crippen LogP) is 5.81. The number of benzene rings is 1. The van der Waals surface area contributed by atoms with Crippen LogP contribution in [0.1, 0.15) is 24.0 Å². The second-order valence-corrected chi connectivity index (χ2v) is 9.75. The average molecular weight is 496 g/mol. The number of allylic oxidation sites excluding steroid dienone is 2. The van der Waals surface area contributed by atoms with E-state index >= 15 is 0 Å². The maximum atomic E-state index is 4.59. The Morgan fingerprint density at radius 2 is 1.81 bits per heavy atom. The number of aliphatic imine (C=N–C) groups is 1. The van der Waals surface area contributed by atoms with E-state index < -0.39 is 0 Å². The van der Waals surface area contributed by atoms with Gasteiger partial charge in [0, 0.05) is 43.2 Å². The van der Waals surface area contributed by atoms with Gasteiger partial charge in [-0.25, -0.2) is 4.98 Å². The molecule has 0 amide bonds. The Morgan fingerprint density at radius 3 is 2.49 bits per heavy atom. The molecule has 1 aliphatic rings. The monoisotopic (exact) mass is 495 g/mol. The second-order valence-electron chi connectivity index (χ2n) is 9.75. The molecule has 0 aliphatic heterocycles. The topological polar surface area (TPSA) is 77.5 Å². The van der Waals surface area contributed by atoms with E-state index in [4.69, 9.17) is 0 Å². The van der Waals surface area contributed by atoms with E-state index in [-0.39, 0.29) is 0 Å². The summed E-state index contributed by atoms with van der Waals surface area (Å²) in [6, 6.07) is 12.5. The Balaban J connectivity index is 1.48. The molecule has 1 fully saturated rings. The lowest BCUT2D eigenvalue weighted by atomic mass is 9.96. The van der Waals surface area contributed by atoms with Crippen LogP contribution in [-0.2, 0) is 0 Å². The van der Waals surface area contributed by atoms with Crippen LogP contribution in [0.25, 0.3) is 11.1 Å². The summed E-state index contributed by atoms with van der Waals surface area (Å²) >= 11 is 0. The fraction of sp³-hybridized carbons (Fsp3) is 0.300. The molecule has 37 heavy (non-hydrogen) atoms. The summed E-state index contributed by atoms with van der Waals surface area (Å²) in [4.78, 5) is 15.7. The van der Waals surface area contributed by atoms with Crippen molar-refractivity contribution in [3.05, 3.63) is 90.7 Å². The zero-order valence-corrected chi connectivity index (χ0v) is 22.3. The summed E-state index contributed by atoms with van der Waals surface area (Å²) in [6.07, 6.45) is 7.96. The highest BCUT2D eigenvalue weighted by Gasteiger charge is 2.24. The van der Waals surface area contributed by atoms with Gasteiger partial charge in [0.15, 0.2) is 0 Å². The van der Waals surface area contributed by atoms with Crippen LogP contribution in [0.15, 0.2) is 84.5 Å². The first-order valence-electron chi connectivity index (χ1n) is 12.6. The molecule has 3 aromatic rings. The molecular weight excluding hydrogens is 458 g/mol. The number of likely N-dealkylation sites (N-methyl/N-ethyl adjacent to an activating group) is 1. The van der Waals surface area contributed by atoms with E-state index in [9.17, 15) is 0 Å². The van der Waals surface area contributed by atoms with E-state index in [0.29, 0.717) is 11.6 Å². The molecular formula is C30H37N7. The van der Waals surface area contributed by atoms with Gasteiger partial charge in [0.2, 0.25) is 0 Å². The third kappa shape index (κ3) is 7.05. The van der Waals surface area contributed by atoms with Gasteiger partial charge in [0.05, 0.1) is 35.2 Å². The molecule has 0 atom stereocenters. The fourth-order valence-electron chi connectivity index (χ4n) is 4.07. The number of aryl methyl sites for hydroxylation is 1. The van der Waals surface area contributed by atoms with E-state index in [1.165, 1.54) is 12.8 Å². The molecule has 1 aromatic carbocycles. The van der Waals surface area contributed by atoms with Crippen LogP contribution in [0.4, 0.5) is 17.2 Å². The summed E-state index contributed by atoms with van der Waals surface area (Å²) in [5.41, 5.74) is 8.64. The molecule has 1 saturated carbocycles. The predicted molar refractivity (Wildman–Crippen MR) is 156 cm³/mol. The van der Waals surface area contributed by atoms with Crippen molar-refractivity contribution in [1.29, 1.82) is 0 Å². The molecule has 4 rings (SSSR count). The first-order valence-corrected chi connectivity index (χ1v) is 12.6. The number of nitrogens with one attached hydrogen (secondary N) is 3. The molecule has 7 heteroatoms. The molecule has 2 aromatic heterocycles. The molecule has 0 bridgehead atoms. The number of rotatable bonds is 12. The largest absolute Gasteiger partial charge is 0.369 e. The van der Waals surface area contributed by atoms with E-state index in [1.54, 1.807) is 13.2 Å². The molecule has 0 radical (unpaired) electrons. The third-order valence-electron chi connectivity index (χ3n) is 6.37. The van der Waals surface area contributed by atoms with Crippen LogP contribution in [0.3, 0.4) is 0 Å². The Kier molecular flexibility index (Phi) is 8.36. The van der Waals surface area contributed by atoms with Gasteiger partial charge in [-0.1, -0.05) is 25.3 Å². The molecule has 3 N–H and O–H groups in total. The first kappa shape index (κ1) is 26.1. The number of anilines is 3. The lowest BCUT2D eigenvalue weighted by Gasteiger charge is -2.16.